The van der Waals surface area contributed by atoms with Crippen molar-refractivity contribution in [2.24, 2.45) is 0 Å². The van der Waals surface area contributed by atoms with E-state index in [0.717, 1.165) is 11.3 Å². The fourth-order valence-corrected chi connectivity index (χ4v) is 3.97. The molecule has 1 aromatic carbocycles. The smallest absolute Gasteiger partial charge is 0.341 e. The summed E-state index contributed by atoms with van der Waals surface area (Å²) >= 11 is 18.9. The standard InChI is InChI=1S/C19H20Cl3N3O4S/c1-4-29-17(28)13-10(2)14(15(27)24-12-8-6-5-7-9-12)30-16(13)25-18(19(20,21)22)23-11(3)26/h5-9,18,25H,4H2,1-3H3,(H,23,26)(H,24,27)/t18-/m0/s1. The first kappa shape index (κ1) is 24.3. The first-order valence-corrected chi connectivity index (χ1v) is 10.8. The van der Waals surface area contributed by atoms with E-state index >= 15 is 0 Å². The fourth-order valence-electron chi connectivity index (χ4n) is 2.52. The number of amides is 2. The van der Waals surface area contributed by atoms with Crippen LogP contribution in [0.5, 0.6) is 0 Å². The van der Waals surface area contributed by atoms with Crippen LogP contribution in [0.25, 0.3) is 0 Å². The van der Waals surface area contributed by atoms with Gasteiger partial charge in [-0.15, -0.1) is 11.3 Å². The highest BCUT2D eigenvalue weighted by Gasteiger charge is 2.36. The average Bonchev–Trinajstić information content (AvgIpc) is 2.97. The molecule has 162 valence electrons. The first-order valence-electron chi connectivity index (χ1n) is 8.81. The zero-order chi connectivity index (χ0) is 22.5. The lowest BCUT2D eigenvalue weighted by atomic mass is 10.1. The Morgan fingerprint density at radius 2 is 1.80 bits per heavy atom. The van der Waals surface area contributed by atoms with Crippen molar-refractivity contribution in [2.75, 3.05) is 17.2 Å². The number of rotatable bonds is 7. The summed E-state index contributed by atoms with van der Waals surface area (Å²) in [6, 6.07) is 8.87. The van der Waals surface area contributed by atoms with Gasteiger partial charge in [-0.2, -0.15) is 0 Å². The zero-order valence-electron chi connectivity index (χ0n) is 16.3. The van der Waals surface area contributed by atoms with Crippen molar-refractivity contribution in [2.45, 2.75) is 30.7 Å². The molecule has 30 heavy (non-hydrogen) atoms. The molecule has 0 aliphatic carbocycles. The number of hydrogen-bond acceptors (Lipinski definition) is 6. The zero-order valence-corrected chi connectivity index (χ0v) is 19.4. The Morgan fingerprint density at radius 3 is 2.33 bits per heavy atom. The van der Waals surface area contributed by atoms with Crippen LogP contribution in [0, 0.1) is 6.92 Å². The van der Waals surface area contributed by atoms with Gasteiger partial charge in [0.1, 0.15) is 11.2 Å². The maximum atomic E-state index is 12.8. The van der Waals surface area contributed by atoms with Crippen LogP contribution in [0.4, 0.5) is 10.7 Å². The second-order valence-electron chi connectivity index (χ2n) is 6.12. The van der Waals surface area contributed by atoms with Crippen molar-refractivity contribution in [3.8, 4) is 0 Å². The number of carbonyl (C=O) groups excluding carboxylic acids is 3. The molecule has 1 heterocycles. The highest BCUT2D eigenvalue weighted by molar-refractivity contribution is 7.18. The Hall–Kier alpha value is -2.00. The van der Waals surface area contributed by atoms with E-state index in [1.807, 2.05) is 6.07 Å². The van der Waals surface area contributed by atoms with Crippen molar-refractivity contribution in [1.29, 1.82) is 0 Å². The molecule has 3 N–H and O–H groups in total. The van der Waals surface area contributed by atoms with Gasteiger partial charge >= 0.3 is 5.97 Å². The van der Waals surface area contributed by atoms with Gasteiger partial charge in [0.15, 0.2) is 0 Å². The molecule has 0 aliphatic heterocycles. The van der Waals surface area contributed by atoms with E-state index in [0.29, 0.717) is 11.3 Å². The Labute approximate surface area is 193 Å². The molecular weight excluding hydrogens is 473 g/mol. The third-order valence-electron chi connectivity index (χ3n) is 3.81. The summed E-state index contributed by atoms with van der Waals surface area (Å²) in [5.41, 5.74) is 1.13. The number of halogens is 3. The number of hydrogen-bond donors (Lipinski definition) is 3. The number of anilines is 2. The van der Waals surface area contributed by atoms with E-state index in [2.05, 4.69) is 16.0 Å². The van der Waals surface area contributed by atoms with Crippen LogP contribution in [0.2, 0.25) is 0 Å². The average molecular weight is 493 g/mol. The van der Waals surface area contributed by atoms with E-state index in [4.69, 9.17) is 39.5 Å². The van der Waals surface area contributed by atoms with Crippen molar-refractivity contribution >= 4 is 74.6 Å². The molecule has 0 bridgehead atoms. The summed E-state index contributed by atoms with van der Waals surface area (Å²) < 4.78 is 3.19. The lowest BCUT2D eigenvalue weighted by Crippen LogP contribution is -2.48. The molecule has 0 spiro atoms. The summed E-state index contributed by atoms with van der Waals surface area (Å²) in [5, 5.41) is 8.32. The maximum absolute atomic E-state index is 12.8. The molecule has 1 aromatic heterocycles. The number of carbonyl (C=O) groups is 3. The summed E-state index contributed by atoms with van der Waals surface area (Å²) in [6.45, 7) is 4.68. The van der Waals surface area contributed by atoms with Gasteiger partial charge in [-0.25, -0.2) is 4.79 Å². The van der Waals surface area contributed by atoms with Gasteiger partial charge in [0.2, 0.25) is 9.70 Å². The molecule has 2 aromatic rings. The van der Waals surface area contributed by atoms with Gasteiger partial charge in [0, 0.05) is 12.6 Å². The highest BCUT2D eigenvalue weighted by atomic mass is 35.6. The molecule has 0 aliphatic rings. The van der Waals surface area contributed by atoms with E-state index in [9.17, 15) is 14.4 Å². The van der Waals surface area contributed by atoms with Gasteiger partial charge in [0.05, 0.1) is 17.0 Å². The minimum atomic E-state index is -1.93. The van der Waals surface area contributed by atoms with Crippen molar-refractivity contribution in [1.82, 2.24) is 5.32 Å². The molecule has 0 saturated heterocycles. The number of esters is 1. The second-order valence-corrected chi connectivity index (χ2v) is 9.51. The van der Waals surface area contributed by atoms with Gasteiger partial charge in [-0.05, 0) is 31.5 Å². The third-order valence-corrected chi connectivity index (χ3v) is 5.69. The second kappa shape index (κ2) is 10.3. The summed E-state index contributed by atoms with van der Waals surface area (Å²) in [4.78, 5) is 37.2. The summed E-state index contributed by atoms with van der Waals surface area (Å²) in [7, 11) is 0. The van der Waals surface area contributed by atoms with Gasteiger partial charge in [-0.1, -0.05) is 53.0 Å². The molecule has 1 atom stereocenters. The van der Waals surface area contributed by atoms with Crippen LogP contribution < -0.4 is 16.0 Å². The SMILES string of the molecule is CCOC(=O)c1c(N[C@H](NC(C)=O)C(Cl)(Cl)Cl)sc(C(=O)Nc2ccccc2)c1C. The number of thiophene rings is 1. The number of alkyl halides is 3. The highest BCUT2D eigenvalue weighted by Crippen LogP contribution is 2.38. The van der Waals surface area contributed by atoms with Crippen molar-refractivity contribution in [3.05, 3.63) is 46.3 Å². The van der Waals surface area contributed by atoms with E-state index in [-0.39, 0.29) is 22.0 Å². The lowest BCUT2D eigenvalue weighted by Gasteiger charge is -2.26. The predicted molar refractivity (Wildman–Crippen MR) is 121 cm³/mol. The van der Waals surface area contributed by atoms with E-state index in [1.165, 1.54) is 6.92 Å². The topological polar surface area (TPSA) is 96.5 Å². The maximum Gasteiger partial charge on any atom is 0.341 e. The fraction of sp³-hybridized carbons (Fsp3) is 0.316. The van der Waals surface area contributed by atoms with Crippen LogP contribution in [0.15, 0.2) is 30.3 Å². The number of ether oxygens (including phenoxy) is 1. The molecule has 0 fully saturated rings. The normalized spacial score (nSPS) is 12.1. The van der Waals surface area contributed by atoms with Crippen molar-refractivity contribution in [3.63, 3.8) is 0 Å². The number of para-hydroxylation sites is 1. The van der Waals surface area contributed by atoms with Crippen LogP contribution in [0.3, 0.4) is 0 Å². The minimum absolute atomic E-state index is 0.129. The van der Waals surface area contributed by atoms with Crippen LogP contribution in [0.1, 0.15) is 39.4 Å². The van der Waals surface area contributed by atoms with Gasteiger partial charge in [0.25, 0.3) is 5.91 Å². The largest absolute Gasteiger partial charge is 0.462 e. The quantitative estimate of drug-likeness (QED) is 0.295. The Morgan fingerprint density at radius 1 is 1.17 bits per heavy atom. The Bertz CT molecular complexity index is 929. The molecule has 7 nitrogen and oxygen atoms in total. The first-order chi connectivity index (χ1) is 14.0. The molecule has 0 radical (unpaired) electrons. The number of benzene rings is 1. The molecule has 0 saturated carbocycles. The van der Waals surface area contributed by atoms with Gasteiger partial charge in [-0.3, -0.25) is 9.59 Å². The third kappa shape index (κ3) is 6.25. The van der Waals surface area contributed by atoms with E-state index < -0.39 is 27.7 Å². The Kier molecular flexibility index (Phi) is 8.37. The van der Waals surface area contributed by atoms with E-state index in [1.54, 1.807) is 38.1 Å². The number of nitrogens with one attached hydrogen (secondary N) is 3. The molecule has 11 heteroatoms. The summed E-state index contributed by atoms with van der Waals surface area (Å²) in [6.07, 6.45) is -1.16. The molecule has 2 amide bonds. The predicted octanol–water partition coefficient (Wildman–Crippen LogP) is 4.73. The molecule has 2 rings (SSSR count). The van der Waals surface area contributed by atoms with Crippen LogP contribution >= 0.6 is 46.1 Å². The lowest BCUT2D eigenvalue weighted by molar-refractivity contribution is -0.119. The van der Waals surface area contributed by atoms with Crippen LogP contribution in [-0.4, -0.2) is 34.3 Å². The van der Waals surface area contributed by atoms with Gasteiger partial charge < -0.3 is 20.7 Å². The van der Waals surface area contributed by atoms with Crippen LogP contribution in [-0.2, 0) is 9.53 Å². The minimum Gasteiger partial charge on any atom is -0.462 e. The molecular formula is C19H20Cl3N3O4S. The molecule has 0 unspecified atom stereocenters. The van der Waals surface area contributed by atoms with Crippen molar-refractivity contribution < 1.29 is 19.1 Å². The monoisotopic (exact) mass is 491 g/mol. The summed E-state index contributed by atoms with van der Waals surface area (Å²) in [5.74, 6) is -1.50. The Balaban J connectivity index is 2.45.